The fraction of sp³-hybridized carbons (Fsp3) is 0.167. The minimum absolute atomic E-state index is 0.141. The number of anilines is 1. The second kappa shape index (κ2) is 7.76. The summed E-state index contributed by atoms with van der Waals surface area (Å²) in [6.07, 6.45) is 1.90. The number of thiophene rings is 1. The summed E-state index contributed by atoms with van der Waals surface area (Å²) in [4.78, 5) is 23.1. The molecular formula is C18H18N4O2S. The van der Waals surface area contributed by atoms with E-state index in [1.54, 1.807) is 35.6 Å². The molecule has 2 N–H and O–H groups in total. The SMILES string of the molecule is CC(=O)Nc1ccc(C(=O)NCCn2ccc(-c3ccsc3)n2)cc1. The van der Waals surface area contributed by atoms with Gasteiger partial charge in [-0.1, -0.05) is 0 Å². The number of amides is 2. The Morgan fingerprint density at radius 1 is 1.16 bits per heavy atom. The molecule has 0 saturated carbocycles. The molecule has 2 heterocycles. The highest BCUT2D eigenvalue weighted by Crippen LogP contribution is 2.19. The number of benzene rings is 1. The summed E-state index contributed by atoms with van der Waals surface area (Å²) in [6, 6.07) is 10.8. The molecule has 1 aromatic carbocycles. The first-order chi connectivity index (χ1) is 12.1. The van der Waals surface area contributed by atoms with Gasteiger partial charge in [-0.2, -0.15) is 16.4 Å². The fourth-order valence-electron chi connectivity index (χ4n) is 2.34. The molecule has 0 atom stereocenters. The fourth-order valence-corrected chi connectivity index (χ4v) is 2.99. The van der Waals surface area contributed by atoms with Gasteiger partial charge in [0.15, 0.2) is 0 Å². The van der Waals surface area contributed by atoms with Crippen molar-refractivity contribution in [2.75, 3.05) is 11.9 Å². The third kappa shape index (κ3) is 4.54. The summed E-state index contributed by atoms with van der Waals surface area (Å²) in [7, 11) is 0. The van der Waals surface area contributed by atoms with Crippen LogP contribution in [0.15, 0.2) is 53.4 Å². The summed E-state index contributed by atoms with van der Waals surface area (Å²) < 4.78 is 1.81. The second-order valence-corrected chi connectivity index (χ2v) is 6.27. The largest absolute Gasteiger partial charge is 0.350 e. The molecule has 0 radical (unpaired) electrons. The number of carbonyl (C=O) groups excluding carboxylic acids is 2. The topological polar surface area (TPSA) is 76.0 Å². The Labute approximate surface area is 149 Å². The Balaban J connectivity index is 1.50. The standard InChI is InChI=1S/C18H18N4O2S/c1-13(23)20-16-4-2-14(3-5-16)18(24)19-8-10-22-9-6-17(21-22)15-7-11-25-12-15/h2-7,9,11-12H,8,10H2,1H3,(H,19,24)(H,20,23). The molecule has 6 nitrogen and oxygen atoms in total. The molecule has 2 amide bonds. The monoisotopic (exact) mass is 354 g/mol. The maximum Gasteiger partial charge on any atom is 0.251 e. The van der Waals surface area contributed by atoms with Crippen molar-refractivity contribution in [3.05, 3.63) is 58.9 Å². The van der Waals surface area contributed by atoms with E-state index in [-0.39, 0.29) is 11.8 Å². The van der Waals surface area contributed by atoms with Crippen molar-refractivity contribution in [1.82, 2.24) is 15.1 Å². The molecule has 0 spiro atoms. The molecular weight excluding hydrogens is 336 g/mol. The molecule has 0 saturated heterocycles. The van der Waals surface area contributed by atoms with Crippen LogP contribution in [0.4, 0.5) is 5.69 Å². The van der Waals surface area contributed by atoms with E-state index in [0.717, 1.165) is 11.3 Å². The predicted octanol–water partition coefficient (Wildman–Crippen LogP) is 3.00. The maximum atomic E-state index is 12.1. The summed E-state index contributed by atoms with van der Waals surface area (Å²) in [5.74, 6) is -0.294. The number of hydrogen-bond acceptors (Lipinski definition) is 4. The highest BCUT2D eigenvalue weighted by Gasteiger charge is 2.06. The normalized spacial score (nSPS) is 10.4. The molecule has 3 aromatic rings. The molecule has 3 rings (SSSR count). The highest BCUT2D eigenvalue weighted by molar-refractivity contribution is 7.08. The van der Waals surface area contributed by atoms with Gasteiger partial charge in [0.2, 0.25) is 5.91 Å². The van der Waals surface area contributed by atoms with Gasteiger partial charge >= 0.3 is 0 Å². The van der Waals surface area contributed by atoms with Gasteiger partial charge in [-0.15, -0.1) is 0 Å². The van der Waals surface area contributed by atoms with E-state index >= 15 is 0 Å². The van der Waals surface area contributed by atoms with Crippen molar-refractivity contribution >= 4 is 28.8 Å². The van der Waals surface area contributed by atoms with E-state index in [2.05, 4.69) is 21.1 Å². The number of aromatic nitrogens is 2. The smallest absolute Gasteiger partial charge is 0.251 e. The minimum Gasteiger partial charge on any atom is -0.350 e. The third-order valence-corrected chi connectivity index (χ3v) is 4.23. The van der Waals surface area contributed by atoms with E-state index in [9.17, 15) is 9.59 Å². The van der Waals surface area contributed by atoms with Gasteiger partial charge < -0.3 is 10.6 Å². The molecule has 0 fully saturated rings. The van der Waals surface area contributed by atoms with Gasteiger partial charge in [-0.05, 0) is 41.8 Å². The van der Waals surface area contributed by atoms with Crippen LogP contribution in [0.1, 0.15) is 17.3 Å². The van der Waals surface area contributed by atoms with Crippen molar-refractivity contribution in [2.24, 2.45) is 0 Å². The maximum absolute atomic E-state index is 12.1. The van der Waals surface area contributed by atoms with Crippen LogP contribution in [0.25, 0.3) is 11.3 Å². The van der Waals surface area contributed by atoms with E-state index in [0.29, 0.717) is 24.3 Å². The Bertz CT molecular complexity index is 854. The molecule has 0 aliphatic heterocycles. The zero-order valence-electron chi connectivity index (χ0n) is 13.7. The van der Waals surface area contributed by atoms with Crippen molar-refractivity contribution in [3.63, 3.8) is 0 Å². The summed E-state index contributed by atoms with van der Waals surface area (Å²) in [6.45, 7) is 2.52. The van der Waals surface area contributed by atoms with E-state index in [1.807, 2.05) is 28.4 Å². The zero-order chi connectivity index (χ0) is 17.6. The van der Waals surface area contributed by atoms with E-state index in [4.69, 9.17) is 0 Å². The molecule has 0 bridgehead atoms. The molecule has 25 heavy (non-hydrogen) atoms. The molecule has 0 unspecified atom stereocenters. The Morgan fingerprint density at radius 2 is 1.96 bits per heavy atom. The van der Waals surface area contributed by atoms with Crippen LogP contribution in [0.2, 0.25) is 0 Å². The molecule has 7 heteroatoms. The summed E-state index contributed by atoms with van der Waals surface area (Å²) in [5, 5.41) is 14.1. The zero-order valence-corrected chi connectivity index (χ0v) is 14.5. The molecule has 128 valence electrons. The minimum atomic E-state index is -0.153. The lowest BCUT2D eigenvalue weighted by molar-refractivity contribution is -0.114. The molecule has 0 aliphatic rings. The lowest BCUT2D eigenvalue weighted by atomic mass is 10.2. The number of nitrogens with one attached hydrogen (secondary N) is 2. The van der Waals surface area contributed by atoms with Crippen LogP contribution in [-0.2, 0) is 11.3 Å². The first kappa shape index (κ1) is 16.9. The number of hydrogen-bond donors (Lipinski definition) is 2. The Kier molecular flexibility index (Phi) is 5.25. The van der Waals surface area contributed by atoms with Crippen molar-refractivity contribution in [1.29, 1.82) is 0 Å². The third-order valence-electron chi connectivity index (χ3n) is 3.55. The summed E-state index contributed by atoms with van der Waals surface area (Å²) in [5.41, 5.74) is 3.25. The number of rotatable bonds is 6. The van der Waals surface area contributed by atoms with Crippen LogP contribution >= 0.6 is 11.3 Å². The average molecular weight is 354 g/mol. The number of carbonyl (C=O) groups is 2. The molecule has 0 aliphatic carbocycles. The van der Waals surface area contributed by atoms with Crippen molar-refractivity contribution in [3.8, 4) is 11.3 Å². The first-order valence-electron chi connectivity index (χ1n) is 7.84. The van der Waals surface area contributed by atoms with Gasteiger partial charge in [-0.25, -0.2) is 0 Å². The molecule has 2 aromatic heterocycles. The highest BCUT2D eigenvalue weighted by atomic mass is 32.1. The van der Waals surface area contributed by atoms with Gasteiger partial charge in [0.1, 0.15) is 0 Å². The van der Waals surface area contributed by atoms with E-state index < -0.39 is 0 Å². The lowest BCUT2D eigenvalue weighted by Gasteiger charge is -2.07. The Morgan fingerprint density at radius 3 is 2.64 bits per heavy atom. The van der Waals surface area contributed by atoms with Crippen molar-refractivity contribution in [2.45, 2.75) is 13.5 Å². The van der Waals surface area contributed by atoms with Crippen molar-refractivity contribution < 1.29 is 9.59 Å². The van der Waals surface area contributed by atoms with Crippen LogP contribution in [0, 0.1) is 0 Å². The van der Waals surface area contributed by atoms with E-state index in [1.165, 1.54) is 6.92 Å². The van der Waals surface area contributed by atoms with Gasteiger partial charge in [-0.3, -0.25) is 14.3 Å². The van der Waals surface area contributed by atoms with Gasteiger partial charge in [0.05, 0.1) is 12.2 Å². The lowest BCUT2D eigenvalue weighted by Crippen LogP contribution is -2.27. The second-order valence-electron chi connectivity index (χ2n) is 5.49. The van der Waals surface area contributed by atoms with Crippen LogP contribution < -0.4 is 10.6 Å². The first-order valence-corrected chi connectivity index (χ1v) is 8.78. The number of nitrogens with zero attached hydrogens (tertiary/aromatic N) is 2. The predicted molar refractivity (Wildman–Crippen MR) is 98.6 cm³/mol. The average Bonchev–Trinajstić information content (AvgIpc) is 3.26. The summed E-state index contributed by atoms with van der Waals surface area (Å²) >= 11 is 1.64. The van der Waals surface area contributed by atoms with Crippen LogP contribution in [-0.4, -0.2) is 28.1 Å². The van der Waals surface area contributed by atoms with Crippen LogP contribution in [0.3, 0.4) is 0 Å². The van der Waals surface area contributed by atoms with Gasteiger partial charge in [0, 0.05) is 41.9 Å². The quantitative estimate of drug-likeness (QED) is 0.714. The van der Waals surface area contributed by atoms with Crippen LogP contribution in [0.5, 0.6) is 0 Å². The van der Waals surface area contributed by atoms with Gasteiger partial charge in [0.25, 0.3) is 5.91 Å². The Hall–Kier alpha value is -2.93.